The minimum Gasteiger partial charge on any atom is -0.465 e. The molecule has 1 aromatic heterocycles. The summed E-state index contributed by atoms with van der Waals surface area (Å²) in [6.07, 6.45) is 2.57. The fourth-order valence-corrected chi connectivity index (χ4v) is 6.27. The average molecular weight is 495 g/mol. The number of ether oxygens (including phenoxy) is 1. The summed E-state index contributed by atoms with van der Waals surface area (Å²) in [5, 5.41) is 6.24. The minimum atomic E-state index is -0.415. The van der Waals surface area contributed by atoms with Crippen LogP contribution in [0.1, 0.15) is 45.6 Å². The lowest BCUT2D eigenvalue weighted by Gasteiger charge is -2.22. The monoisotopic (exact) mass is 494 g/mol. The van der Waals surface area contributed by atoms with Gasteiger partial charge in [-0.05, 0) is 54.5 Å². The standard InChI is InChI=1S/C26H26N2O4S2/c1-16(29)27-19-9-6-10-20(14-19)33-15-23(30)28-25-24(26(31)32-2)21-12-11-18(13-22(21)34-25)17-7-4-3-5-8-17/h3-10,14,18H,11-13,15H2,1-2H3,(H,27,29)(H,28,30). The summed E-state index contributed by atoms with van der Waals surface area (Å²) in [5.74, 6) is -0.182. The molecular formula is C26H26N2O4S2. The van der Waals surface area contributed by atoms with Crippen molar-refractivity contribution < 1.29 is 19.1 Å². The molecule has 0 fully saturated rings. The third-order valence-electron chi connectivity index (χ3n) is 5.70. The van der Waals surface area contributed by atoms with Gasteiger partial charge in [-0.15, -0.1) is 23.1 Å². The smallest absolute Gasteiger partial charge is 0.341 e. The van der Waals surface area contributed by atoms with Gasteiger partial charge in [0.25, 0.3) is 0 Å². The predicted molar refractivity (Wildman–Crippen MR) is 137 cm³/mol. The van der Waals surface area contributed by atoms with Crippen molar-refractivity contribution in [3.63, 3.8) is 0 Å². The van der Waals surface area contributed by atoms with Gasteiger partial charge in [0.2, 0.25) is 11.8 Å². The van der Waals surface area contributed by atoms with Gasteiger partial charge in [0, 0.05) is 22.4 Å². The first-order valence-corrected chi connectivity index (χ1v) is 12.8. The number of benzene rings is 2. The number of fused-ring (bicyclic) bond motifs is 1. The van der Waals surface area contributed by atoms with Crippen LogP contribution in [0.2, 0.25) is 0 Å². The fraction of sp³-hybridized carbons (Fsp3) is 0.269. The van der Waals surface area contributed by atoms with E-state index in [-0.39, 0.29) is 17.6 Å². The summed E-state index contributed by atoms with van der Waals surface area (Å²) in [5.41, 5.74) is 3.46. The van der Waals surface area contributed by atoms with Crippen LogP contribution in [0.3, 0.4) is 0 Å². The molecule has 0 bridgehead atoms. The molecule has 6 nitrogen and oxygen atoms in total. The molecule has 1 aliphatic carbocycles. The molecule has 0 spiro atoms. The highest BCUT2D eigenvalue weighted by molar-refractivity contribution is 8.00. The number of carbonyl (C=O) groups is 3. The molecule has 0 aliphatic heterocycles. The lowest BCUT2D eigenvalue weighted by Crippen LogP contribution is -2.17. The van der Waals surface area contributed by atoms with Crippen LogP contribution in [0, 0.1) is 0 Å². The molecule has 1 heterocycles. The van der Waals surface area contributed by atoms with Gasteiger partial charge >= 0.3 is 5.97 Å². The molecule has 8 heteroatoms. The Morgan fingerprint density at radius 1 is 1.09 bits per heavy atom. The summed E-state index contributed by atoms with van der Waals surface area (Å²) in [6.45, 7) is 1.45. The Morgan fingerprint density at radius 2 is 1.88 bits per heavy atom. The highest BCUT2D eigenvalue weighted by Crippen LogP contribution is 2.42. The first kappa shape index (κ1) is 24.0. The SMILES string of the molecule is COC(=O)c1c(NC(=O)CSc2cccc(NC(C)=O)c2)sc2c1CCC(c1ccccc1)C2. The van der Waals surface area contributed by atoms with Gasteiger partial charge in [0.1, 0.15) is 5.00 Å². The van der Waals surface area contributed by atoms with E-state index in [1.807, 2.05) is 36.4 Å². The molecule has 2 amide bonds. The molecule has 0 saturated heterocycles. The lowest BCUT2D eigenvalue weighted by atomic mass is 9.83. The second kappa shape index (κ2) is 10.9. The van der Waals surface area contributed by atoms with Gasteiger partial charge in [0.15, 0.2) is 0 Å². The maximum Gasteiger partial charge on any atom is 0.341 e. The molecule has 3 aromatic rings. The molecule has 1 atom stereocenters. The van der Waals surface area contributed by atoms with Crippen LogP contribution in [0.15, 0.2) is 59.5 Å². The van der Waals surface area contributed by atoms with Crippen molar-refractivity contribution in [2.75, 3.05) is 23.5 Å². The number of rotatable bonds is 7. The summed E-state index contributed by atoms with van der Waals surface area (Å²) in [6, 6.07) is 17.7. The van der Waals surface area contributed by atoms with Crippen molar-refractivity contribution >= 4 is 51.6 Å². The van der Waals surface area contributed by atoms with E-state index in [9.17, 15) is 14.4 Å². The highest BCUT2D eigenvalue weighted by atomic mass is 32.2. The first-order valence-electron chi connectivity index (χ1n) is 11.0. The fourth-order valence-electron chi connectivity index (χ4n) is 4.18. The number of methoxy groups -OCH3 is 1. The number of amides is 2. The number of esters is 1. The van der Waals surface area contributed by atoms with Crippen molar-refractivity contribution in [3.05, 3.63) is 76.2 Å². The zero-order chi connectivity index (χ0) is 24.1. The molecule has 34 heavy (non-hydrogen) atoms. The maximum absolute atomic E-state index is 12.8. The predicted octanol–water partition coefficient (Wildman–Crippen LogP) is 5.50. The number of carbonyl (C=O) groups excluding carboxylic acids is 3. The third-order valence-corrected chi connectivity index (χ3v) is 7.87. The molecule has 1 aliphatic rings. The van der Waals surface area contributed by atoms with Crippen molar-refractivity contribution in [3.8, 4) is 0 Å². The van der Waals surface area contributed by atoms with Crippen molar-refractivity contribution in [2.24, 2.45) is 0 Å². The van der Waals surface area contributed by atoms with Crippen molar-refractivity contribution in [2.45, 2.75) is 37.0 Å². The molecule has 1 unspecified atom stereocenters. The molecule has 2 aromatic carbocycles. The van der Waals surface area contributed by atoms with Gasteiger partial charge in [-0.3, -0.25) is 9.59 Å². The Kier molecular flexibility index (Phi) is 7.70. The number of thiophene rings is 1. The second-order valence-corrected chi connectivity index (χ2v) is 10.2. The van der Waals surface area contributed by atoms with Gasteiger partial charge in [-0.1, -0.05) is 36.4 Å². The van der Waals surface area contributed by atoms with E-state index < -0.39 is 5.97 Å². The Labute approximate surface area is 207 Å². The summed E-state index contributed by atoms with van der Waals surface area (Å²) in [4.78, 5) is 38.6. The molecule has 0 radical (unpaired) electrons. The van der Waals surface area contributed by atoms with E-state index in [0.717, 1.165) is 34.6 Å². The number of hydrogen-bond donors (Lipinski definition) is 2. The van der Waals surface area contributed by atoms with E-state index in [2.05, 4.69) is 22.8 Å². The zero-order valence-corrected chi connectivity index (χ0v) is 20.7. The van der Waals surface area contributed by atoms with Crippen LogP contribution in [-0.4, -0.2) is 30.6 Å². The molecule has 4 rings (SSSR count). The molecular weight excluding hydrogens is 468 g/mol. The van der Waals surface area contributed by atoms with E-state index in [1.165, 1.54) is 42.7 Å². The minimum absolute atomic E-state index is 0.147. The zero-order valence-electron chi connectivity index (χ0n) is 19.1. The van der Waals surface area contributed by atoms with E-state index in [4.69, 9.17) is 4.74 Å². The number of hydrogen-bond acceptors (Lipinski definition) is 6. The molecule has 176 valence electrons. The van der Waals surface area contributed by atoms with Crippen LogP contribution < -0.4 is 10.6 Å². The first-order chi connectivity index (χ1) is 16.4. The maximum atomic E-state index is 12.8. The van der Waals surface area contributed by atoms with Gasteiger partial charge in [-0.2, -0.15) is 0 Å². The largest absolute Gasteiger partial charge is 0.465 e. The number of thioether (sulfide) groups is 1. The number of anilines is 2. The average Bonchev–Trinajstić information content (AvgIpc) is 3.19. The normalized spacial score (nSPS) is 14.7. The highest BCUT2D eigenvalue weighted by Gasteiger charge is 2.30. The van der Waals surface area contributed by atoms with Crippen LogP contribution in [0.4, 0.5) is 10.7 Å². The summed E-state index contributed by atoms with van der Waals surface area (Å²) < 4.78 is 5.05. The van der Waals surface area contributed by atoms with Crippen molar-refractivity contribution in [1.82, 2.24) is 0 Å². The van der Waals surface area contributed by atoms with Gasteiger partial charge in [0.05, 0.1) is 18.4 Å². The Balaban J connectivity index is 1.47. The van der Waals surface area contributed by atoms with Crippen LogP contribution in [0.25, 0.3) is 0 Å². The second-order valence-electron chi connectivity index (χ2n) is 8.10. The quantitative estimate of drug-likeness (QED) is 0.335. The van der Waals surface area contributed by atoms with Crippen LogP contribution in [-0.2, 0) is 27.2 Å². The Bertz CT molecular complexity index is 1210. The van der Waals surface area contributed by atoms with E-state index in [1.54, 1.807) is 6.07 Å². The summed E-state index contributed by atoms with van der Waals surface area (Å²) in [7, 11) is 1.37. The van der Waals surface area contributed by atoms with Crippen LogP contribution >= 0.6 is 23.1 Å². The Morgan fingerprint density at radius 3 is 2.62 bits per heavy atom. The third kappa shape index (κ3) is 5.69. The van der Waals surface area contributed by atoms with Gasteiger partial charge < -0.3 is 15.4 Å². The van der Waals surface area contributed by atoms with Crippen LogP contribution in [0.5, 0.6) is 0 Å². The Hall–Kier alpha value is -3.10. The lowest BCUT2D eigenvalue weighted by molar-refractivity contribution is -0.114. The summed E-state index contributed by atoms with van der Waals surface area (Å²) >= 11 is 2.84. The molecule has 2 N–H and O–H groups in total. The van der Waals surface area contributed by atoms with E-state index >= 15 is 0 Å². The topological polar surface area (TPSA) is 84.5 Å². The van der Waals surface area contributed by atoms with Gasteiger partial charge in [-0.25, -0.2) is 4.79 Å². The van der Waals surface area contributed by atoms with Crippen molar-refractivity contribution in [1.29, 1.82) is 0 Å². The van der Waals surface area contributed by atoms with E-state index in [0.29, 0.717) is 22.2 Å². The molecule has 0 saturated carbocycles. The number of nitrogens with one attached hydrogen (secondary N) is 2.